The minimum Gasteiger partial charge on any atom is -0.360 e. The number of hydrazone groups is 1. The van der Waals surface area contributed by atoms with Gasteiger partial charge in [0.25, 0.3) is 0 Å². The Hall–Kier alpha value is -1.72. The Balaban J connectivity index is 1.96. The lowest BCUT2D eigenvalue weighted by atomic mass is 10.1. The Morgan fingerprint density at radius 2 is 1.52 bits per heavy atom. The first-order valence-electron chi connectivity index (χ1n) is 7.12. The molecular weight excluding hydrogens is 404 g/mol. The number of nitrogens with one attached hydrogen (secondary N) is 1. The first-order valence-corrected chi connectivity index (χ1v) is 8.64. The molecule has 128 valence electrons. The van der Waals surface area contributed by atoms with E-state index in [9.17, 15) is 0 Å². The summed E-state index contributed by atoms with van der Waals surface area (Å²) in [6.45, 7) is 1.77. The fourth-order valence-corrected chi connectivity index (χ4v) is 3.26. The molecule has 0 spiro atoms. The van der Waals surface area contributed by atoms with E-state index >= 15 is 0 Å². The lowest BCUT2D eigenvalue weighted by Gasteiger charge is -2.06. The van der Waals surface area contributed by atoms with Crippen LogP contribution in [0, 0.1) is 6.92 Å². The number of aryl methyl sites for hydroxylation is 1. The highest BCUT2D eigenvalue weighted by Crippen LogP contribution is 2.36. The van der Waals surface area contributed by atoms with Gasteiger partial charge >= 0.3 is 0 Å². The third-order valence-electron chi connectivity index (χ3n) is 3.44. The van der Waals surface area contributed by atoms with Crippen molar-refractivity contribution < 1.29 is 4.52 Å². The molecule has 0 radical (unpaired) electrons. The average Bonchev–Trinajstić information content (AvgIpc) is 2.91. The lowest BCUT2D eigenvalue weighted by Crippen LogP contribution is -1.95. The number of rotatable bonds is 4. The summed E-state index contributed by atoms with van der Waals surface area (Å²) in [6.07, 6.45) is 1.56. The molecule has 25 heavy (non-hydrogen) atoms. The standard InChI is InChI=1S/C17H11Cl4N3O/c1-9-10(8-22-23-17-13(20)6-3-7-14(17)21)16(24-25-9)15-11(18)4-2-5-12(15)19/h2-8,23H,1H3/b22-8+. The van der Waals surface area contributed by atoms with Crippen LogP contribution in [-0.2, 0) is 0 Å². The topological polar surface area (TPSA) is 50.4 Å². The van der Waals surface area contributed by atoms with Gasteiger partial charge in [-0.25, -0.2) is 0 Å². The third-order valence-corrected chi connectivity index (χ3v) is 4.70. The van der Waals surface area contributed by atoms with Crippen LogP contribution in [0.1, 0.15) is 11.3 Å². The van der Waals surface area contributed by atoms with E-state index in [0.29, 0.717) is 48.4 Å². The van der Waals surface area contributed by atoms with Gasteiger partial charge in [-0.15, -0.1) is 0 Å². The van der Waals surface area contributed by atoms with E-state index in [1.54, 1.807) is 49.5 Å². The van der Waals surface area contributed by atoms with E-state index < -0.39 is 0 Å². The summed E-state index contributed by atoms with van der Waals surface area (Å²) < 4.78 is 5.27. The molecule has 0 amide bonds. The second-order valence-corrected chi connectivity index (χ2v) is 6.69. The summed E-state index contributed by atoms with van der Waals surface area (Å²) in [4.78, 5) is 0. The van der Waals surface area contributed by atoms with Crippen molar-refractivity contribution in [1.29, 1.82) is 0 Å². The van der Waals surface area contributed by atoms with Gasteiger partial charge in [0.2, 0.25) is 0 Å². The molecule has 2 aromatic carbocycles. The van der Waals surface area contributed by atoms with Crippen molar-refractivity contribution in [3.8, 4) is 11.3 Å². The first-order chi connectivity index (χ1) is 12.0. The van der Waals surface area contributed by atoms with Crippen LogP contribution >= 0.6 is 46.4 Å². The van der Waals surface area contributed by atoms with Crippen molar-refractivity contribution in [3.63, 3.8) is 0 Å². The van der Waals surface area contributed by atoms with Gasteiger partial charge in [0, 0.05) is 5.56 Å². The molecule has 1 N–H and O–H groups in total. The highest BCUT2D eigenvalue weighted by atomic mass is 35.5. The van der Waals surface area contributed by atoms with Crippen molar-refractivity contribution in [3.05, 3.63) is 67.8 Å². The Morgan fingerprint density at radius 1 is 0.960 bits per heavy atom. The predicted octanol–water partition coefficient (Wildman–Crippen LogP) is 6.71. The van der Waals surface area contributed by atoms with Gasteiger partial charge < -0.3 is 4.52 Å². The van der Waals surface area contributed by atoms with Crippen molar-refractivity contribution in [2.24, 2.45) is 5.10 Å². The van der Waals surface area contributed by atoms with Crippen molar-refractivity contribution >= 4 is 58.3 Å². The predicted molar refractivity (Wildman–Crippen MR) is 104 cm³/mol. The molecule has 8 heteroatoms. The number of halogens is 4. The van der Waals surface area contributed by atoms with Gasteiger partial charge in [-0.05, 0) is 31.2 Å². The number of aromatic nitrogens is 1. The van der Waals surface area contributed by atoms with E-state index in [1.807, 2.05) is 0 Å². The molecule has 3 aromatic rings. The van der Waals surface area contributed by atoms with Crippen molar-refractivity contribution in [2.75, 3.05) is 5.43 Å². The highest BCUT2D eigenvalue weighted by molar-refractivity contribution is 6.39. The fourth-order valence-electron chi connectivity index (χ4n) is 2.20. The molecule has 1 heterocycles. The van der Waals surface area contributed by atoms with Gasteiger partial charge in [-0.3, -0.25) is 5.43 Å². The van der Waals surface area contributed by atoms with Crippen LogP contribution in [0.4, 0.5) is 5.69 Å². The zero-order valence-corrected chi connectivity index (χ0v) is 15.9. The number of benzene rings is 2. The summed E-state index contributed by atoms with van der Waals surface area (Å²) >= 11 is 24.7. The summed E-state index contributed by atoms with van der Waals surface area (Å²) in [5.41, 5.74) is 5.06. The molecule has 0 bridgehead atoms. The molecule has 0 atom stereocenters. The molecule has 0 aliphatic rings. The fraction of sp³-hybridized carbons (Fsp3) is 0.0588. The molecule has 0 aliphatic carbocycles. The van der Waals surface area contributed by atoms with E-state index in [2.05, 4.69) is 15.7 Å². The number of hydrogen-bond donors (Lipinski definition) is 1. The number of nitrogens with zero attached hydrogens (tertiary/aromatic N) is 2. The zero-order valence-electron chi connectivity index (χ0n) is 12.9. The van der Waals surface area contributed by atoms with E-state index in [1.165, 1.54) is 0 Å². The van der Waals surface area contributed by atoms with Gasteiger partial charge in [0.1, 0.15) is 11.5 Å². The zero-order chi connectivity index (χ0) is 18.0. The van der Waals surface area contributed by atoms with Gasteiger partial charge in [-0.1, -0.05) is 63.7 Å². The van der Waals surface area contributed by atoms with Gasteiger partial charge in [-0.2, -0.15) is 5.10 Å². The first kappa shape index (κ1) is 18.1. The molecule has 4 nitrogen and oxygen atoms in total. The quantitative estimate of drug-likeness (QED) is 0.381. The molecule has 0 aliphatic heterocycles. The molecule has 0 fully saturated rings. The minimum absolute atomic E-state index is 0.459. The molecule has 0 saturated heterocycles. The smallest absolute Gasteiger partial charge is 0.143 e. The Labute approximate surface area is 164 Å². The summed E-state index contributed by atoms with van der Waals surface area (Å²) in [7, 11) is 0. The maximum Gasteiger partial charge on any atom is 0.143 e. The van der Waals surface area contributed by atoms with Crippen LogP contribution in [0.2, 0.25) is 20.1 Å². The average molecular weight is 415 g/mol. The number of hydrogen-bond acceptors (Lipinski definition) is 4. The second-order valence-electron chi connectivity index (χ2n) is 5.06. The number of anilines is 1. The maximum absolute atomic E-state index is 6.26. The molecule has 1 aromatic heterocycles. The number of para-hydroxylation sites is 1. The van der Waals surface area contributed by atoms with Crippen molar-refractivity contribution in [1.82, 2.24) is 5.16 Å². The van der Waals surface area contributed by atoms with Crippen LogP contribution in [0.5, 0.6) is 0 Å². The highest BCUT2D eigenvalue weighted by Gasteiger charge is 2.18. The van der Waals surface area contributed by atoms with Crippen LogP contribution in [0.15, 0.2) is 46.0 Å². The normalized spacial score (nSPS) is 11.2. The van der Waals surface area contributed by atoms with E-state index in [0.717, 1.165) is 0 Å². The third kappa shape index (κ3) is 3.77. The maximum atomic E-state index is 6.26. The second kappa shape index (κ2) is 7.67. The molecule has 0 saturated carbocycles. The molecule has 0 unspecified atom stereocenters. The lowest BCUT2D eigenvalue weighted by molar-refractivity contribution is 0.399. The Bertz CT molecular complexity index is 913. The molecule has 3 rings (SSSR count). The Kier molecular flexibility index (Phi) is 5.54. The summed E-state index contributed by atoms with van der Waals surface area (Å²) in [5.74, 6) is 0.571. The SMILES string of the molecule is Cc1onc(-c2c(Cl)cccc2Cl)c1/C=N/Nc1c(Cl)cccc1Cl. The minimum atomic E-state index is 0.459. The van der Waals surface area contributed by atoms with Crippen LogP contribution in [0.3, 0.4) is 0 Å². The van der Waals surface area contributed by atoms with Crippen LogP contribution in [0.25, 0.3) is 11.3 Å². The van der Waals surface area contributed by atoms with Crippen molar-refractivity contribution in [2.45, 2.75) is 6.92 Å². The van der Waals surface area contributed by atoms with Gasteiger partial charge in [0.05, 0.1) is 37.6 Å². The Morgan fingerprint density at radius 3 is 2.12 bits per heavy atom. The van der Waals surface area contributed by atoms with Gasteiger partial charge in [0.15, 0.2) is 0 Å². The monoisotopic (exact) mass is 413 g/mol. The largest absolute Gasteiger partial charge is 0.360 e. The van der Waals surface area contributed by atoms with E-state index in [4.69, 9.17) is 50.9 Å². The molecular formula is C17H11Cl4N3O. The van der Waals surface area contributed by atoms with E-state index in [-0.39, 0.29) is 0 Å². The summed E-state index contributed by atoms with van der Waals surface area (Å²) in [6, 6.07) is 10.4. The van der Waals surface area contributed by atoms with Crippen LogP contribution < -0.4 is 5.43 Å². The summed E-state index contributed by atoms with van der Waals surface area (Å²) in [5, 5.41) is 10.1. The van der Waals surface area contributed by atoms with Crippen LogP contribution in [-0.4, -0.2) is 11.4 Å².